The number of aromatic carboxylic acids is 1. The van der Waals surface area contributed by atoms with Crippen LogP contribution in [0.15, 0.2) is 36.4 Å². The van der Waals surface area contributed by atoms with Gasteiger partial charge in [-0.15, -0.1) is 0 Å². The van der Waals surface area contributed by atoms with Crippen LogP contribution in [-0.2, 0) is 0 Å². The van der Waals surface area contributed by atoms with Crippen LogP contribution in [0.2, 0.25) is 0 Å². The number of hydrogen-bond donors (Lipinski definition) is 3. The third kappa shape index (κ3) is 3.74. The van der Waals surface area contributed by atoms with Crippen LogP contribution >= 0.6 is 0 Å². The fraction of sp³-hybridized carbons (Fsp3) is 0.542. The highest BCUT2D eigenvalue weighted by molar-refractivity contribution is 5.97. The lowest BCUT2D eigenvalue weighted by Gasteiger charge is -2.57. The summed E-state index contributed by atoms with van der Waals surface area (Å²) in [5.74, 6) is 1.87. The van der Waals surface area contributed by atoms with Gasteiger partial charge < -0.3 is 20.3 Å². The van der Waals surface area contributed by atoms with Crippen molar-refractivity contribution in [3.05, 3.63) is 42.0 Å². The molecule has 0 heterocycles. The quantitative estimate of drug-likeness (QED) is 0.664. The Bertz CT molecular complexity index is 889. The first-order valence-electron chi connectivity index (χ1n) is 10.8. The predicted molar refractivity (Wildman–Crippen MR) is 111 cm³/mol. The highest BCUT2D eigenvalue weighted by Gasteiger charge is 2.50. The molecule has 4 aliphatic carbocycles. The van der Waals surface area contributed by atoms with Gasteiger partial charge in [0, 0.05) is 12.1 Å². The van der Waals surface area contributed by atoms with Gasteiger partial charge in [0.05, 0.1) is 0 Å². The number of ether oxygens (including phenoxy) is 1. The molecule has 0 radical (unpaired) electrons. The Balaban J connectivity index is 1.22. The zero-order chi connectivity index (χ0) is 20.0. The molecule has 4 fully saturated rings. The number of β-amino-alcohol motifs (C(OH)–C–C–N with tert-alkyl or cyclic N) is 1. The van der Waals surface area contributed by atoms with Crippen molar-refractivity contribution in [1.82, 2.24) is 5.32 Å². The van der Waals surface area contributed by atoms with Gasteiger partial charge >= 0.3 is 5.97 Å². The first kappa shape index (κ1) is 18.9. The lowest BCUT2D eigenvalue weighted by molar-refractivity contribution is -0.0266. The van der Waals surface area contributed by atoms with Crippen LogP contribution in [0.3, 0.4) is 0 Å². The molecule has 154 valence electrons. The molecule has 2 aromatic rings. The Hall–Kier alpha value is -2.11. The highest BCUT2D eigenvalue weighted by Crippen LogP contribution is 2.55. The van der Waals surface area contributed by atoms with Gasteiger partial charge in [-0.05, 0) is 79.2 Å². The first-order valence-corrected chi connectivity index (χ1v) is 10.8. The minimum absolute atomic E-state index is 0.0813. The third-order valence-electron chi connectivity index (χ3n) is 7.26. The number of carboxylic acids is 1. The van der Waals surface area contributed by atoms with Crippen molar-refractivity contribution in [2.75, 3.05) is 13.2 Å². The lowest BCUT2D eigenvalue weighted by Crippen LogP contribution is -2.59. The molecule has 0 saturated heterocycles. The van der Waals surface area contributed by atoms with Crippen molar-refractivity contribution in [2.24, 2.45) is 17.8 Å². The normalized spacial score (nSPS) is 31.1. The van der Waals surface area contributed by atoms with Gasteiger partial charge in [0.2, 0.25) is 0 Å². The second kappa shape index (κ2) is 7.29. The zero-order valence-corrected chi connectivity index (χ0v) is 16.6. The molecular formula is C24H29NO4. The number of hydrogen-bond acceptors (Lipinski definition) is 4. The van der Waals surface area contributed by atoms with Crippen LogP contribution in [0.4, 0.5) is 0 Å². The van der Waals surface area contributed by atoms with E-state index in [2.05, 4.69) is 5.32 Å². The summed E-state index contributed by atoms with van der Waals surface area (Å²) in [6.07, 6.45) is 7.23. The summed E-state index contributed by atoms with van der Waals surface area (Å²) in [7, 11) is 0. The Morgan fingerprint density at radius 3 is 2.24 bits per heavy atom. The number of nitrogens with one attached hydrogen (secondary N) is 1. The Labute approximate surface area is 171 Å². The van der Waals surface area contributed by atoms with Crippen LogP contribution in [0.5, 0.6) is 5.75 Å². The molecule has 0 aromatic heterocycles. The molecule has 29 heavy (non-hydrogen) atoms. The van der Waals surface area contributed by atoms with Crippen molar-refractivity contribution in [3.8, 4) is 5.75 Å². The number of fused-ring (bicyclic) bond motifs is 1. The molecule has 6 rings (SSSR count). The topological polar surface area (TPSA) is 78.8 Å². The monoisotopic (exact) mass is 395 g/mol. The molecular weight excluding hydrogens is 366 g/mol. The number of carbonyl (C=O) groups is 1. The minimum Gasteiger partial charge on any atom is -0.490 e. The minimum atomic E-state index is -1.02. The zero-order valence-electron chi connectivity index (χ0n) is 16.6. The largest absolute Gasteiger partial charge is 0.490 e. The van der Waals surface area contributed by atoms with E-state index < -0.39 is 12.1 Å². The van der Waals surface area contributed by atoms with Crippen LogP contribution in [0, 0.1) is 17.8 Å². The van der Waals surface area contributed by atoms with Crippen molar-refractivity contribution in [2.45, 2.75) is 50.2 Å². The molecule has 4 bridgehead atoms. The number of aliphatic hydroxyl groups excluding tert-OH is 1. The smallest absolute Gasteiger partial charge is 0.339 e. The van der Waals surface area contributed by atoms with E-state index in [1.807, 2.05) is 24.3 Å². The second-order valence-corrected chi connectivity index (χ2v) is 9.54. The van der Waals surface area contributed by atoms with E-state index in [9.17, 15) is 15.0 Å². The summed E-state index contributed by atoms with van der Waals surface area (Å²) in [5.41, 5.74) is 0.329. The molecule has 2 aromatic carbocycles. The predicted octanol–water partition coefficient (Wildman–Crippen LogP) is 3.84. The SMILES string of the molecule is O=C(O)c1cc2ccccc2cc1OCC(O)CNC12CC3CC(CC(C3)C1)C2. The van der Waals surface area contributed by atoms with Gasteiger partial charge in [0.1, 0.15) is 24.0 Å². The molecule has 4 saturated carbocycles. The van der Waals surface area contributed by atoms with Gasteiger partial charge in [0.25, 0.3) is 0 Å². The number of carboxylic acid groups (broad SMARTS) is 1. The van der Waals surface area contributed by atoms with Crippen molar-refractivity contribution >= 4 is 16.7 Å². The summed E-state index contributed by atoms with van der Waals surface area (Å²) in [6.45, 7) is 0.570. The molecule has 4 aliphatic rings. The Morgan fingerprint density at radius 1 is 1.07 bits per heavy atom. The molecule has 3 N–H and O–H groups in total. The number of rotatable bonds is 7. The fourth-order valence-corrected chi connectivity index (χ4v) is 6.41. The average molecular weight is 395 g/mol. The van der Waals surface area contributed by atoms with Gasteiger partial charge in [0.15, 0.2) is 0 Å². The summed E-state index contributed by atoms with van der Waals surface area (Å²) in [6, 6.07) is 11.0. The molecule has 0 spiro atoms. The maximum atomic E-state index is 11.6. The summed E-state index contributed by atoms with van der Waals surface area (Å²) in [4.78, 5) is 11.6. The summed E-state index contributed by atoms with van der Waals surface area (Å²) >= 11 is 0. The summed E-state index contributed by atoms with van der Waals surface area (Å²) < 4.78 is 5.77. The molecule has 0 amide bonds. The van der Waals surface area contributed by atoms with Crippen LogP contribution < -0.4 is 10.1 Å². The summed E-state index contributed by atoms with van der Waals surface area (Å²) in [5, 5.41) is 25.5. The Morgan fingerprint density at radius 2 is 1.66 bits per heavy atom. The lowest BCUT2D eigenvalue weighted by atomic mass is 9.53. The second-order valence-electron chi connectivity index (χ2n) is 9.54. The molecule has 5 nitrogen and oxygen atoms in total. The third-order valence-corrected chi connectivity index (χ3v) is 7.26. The van der Waals surface area contributed by atoms with Gasteiger partial charge in [-0.25, -0.2) is 4.79 Å². The van der Waals surface area contributed by atoms with Gasteiger partial charge in [-0.1, -0.05) is 24.3 Å². The van der Waals surface area contributed by atoms with Crippen LogP contribution in [-0.4, -0.2) is 41.0 Å². The van der Waals surface area contributed by atoms with Crippen LogP contribution in [0.1, 0.15) is 48.9 Å². The van der Waals surface area contributed by atoms with E-state index in [0.717, 1.165) is 28.5 Å². The van der Waals surface area contributed by atoms with E-state index in [0.29, 0.717) is 12.3 Å². The van der Waals surface area contributed by atoms with E-state index in [4.69, 9.17) is 4.74 Å². The number of aliphatic hydroxyl groups is 1. The van der Waals surface area contributed by atoms with Crippen molar-refractivity contribution in [1.29, 1.82) is 0 Å². The van der Waals surface area contributed by atoms with E-state index in [-0.39, 0.29) is 17.7 Å². The molecule has 5 heteroatoms. The van der Waals surface area contributed by atoms with E-state index in [1.165, 1.54) is 38.5 Å². The standard InChI is InChI=1S/C24H29NO4/c26-20(13-25-24-10-15-5-16(11-24)7-17(6-15)12-24)14-29-22-9-19-4-2-1-3-18(19)8-21(22)23(27)28/h1-4,8-9,15-17,20,25-26H,5-7,10-14H2,(H,27,28). The van der Waals surface area contributed by atoms with Crippen molar-refractivity contribution < 1.29 is 19.7 Å². The van der Waals surface area contributed by atoms with Gasteiger partial charge in [-0.2, -0.15) is 0 Å². The van der Waals surface area contributed by atoms with Crippen LogP contribution in [0.25, 0.3) is 10.8 Å². The maximum Gasteiger partial charge on any atom is 0.339 e. The van der Waals surface area contributed by atoms with Gasteiger partial charge in [-0.3, -0.25) is 0 Å². The van der Waals surface area contributed by atoms with E-state index in [1.54, 1.807) is 12.1 Å². The molecule has 1 atom stereocenters. The number of benzene rings is 2. The molecule has 0 aliphatic heterocycles. The fourth-order valence-electron chi connectivity index (χ4n) is 6.41. The van der Waals surface area contributed by atoms with Crippen molar-refractivity contribution in [3.63, 3.8) is 0 Å². The Kier molecular flexibility index (Phi) is 4.75. The first-order chi connectivity index (χ1) is 14.0. The highest BCUT2D eigenvalue weighted by atomic mass is 16.5. The maximum absolute atomic E-state index is 11.6. The van der Waals surface area contributed by atoms with E-state index >= 15 is 0 Å². The molecule has 1 unspecified atom stereocenters. The average Bonchev–Trinajstić information content (AvgIpc) is 2.69.